The number of likely N-dealkylation sites (N-methyl/N-ethyl adjacent to an activating group) is 1. The lowest BCUT2D eigenvalue weighted by molar-refractivity contribution is -0.129. The van der Waals surface area contributed by atoms with Crippen molar-refractivity contribution in [3.63, 3.8) is 0 Å². The van der Waals surface area contributed by atoms with Crippen LogP contribution in [0.1, 0.15) is 18.5 Å². The molecule has 1 spiro atoms. The van der Waals surface area contributed by atoms with Gasteiger partial charge < -0.3 is 10.2 Å². The van der Waals surface area contributed by atoms with Gasteiger partial charge in [0.15, 0.2) is 0 Å². The van der Waals surface area contributed by atoms with E-state index in [1.54, 1.807) is 0 Å². The molecule has 3 aromatic rings. The molecule has 6 nitrogen and oxygen atoms in total. The van der Waals surface area contributed by atoms with E-state index in [-0.39, 0.29) is 11.3 Å². The number of rotatable bonds is 3. The highest BCUT2D eigenvalue weighted by molar-refractivity contribution is 5.83. The third kappa shape index (κ3) is 2.63. The summed E-state index contributed by atoms with van der Waals surface area (Å²) >= 11 is 0. The molecular weight excluding hydrogens is 338 g/mol. The number of hydrogen-bond acceptors (Lipinski definition) is 4. The Labute approximate surface area is 158 Å². The standard InChI is InChI=1S/C21H23N5O/c1-22-13-20(27)25-8-6-21(14-25)7-9-26-19(21)11-18(24-26)16-10-15-4-2-3-5-17(15)23-12-16/h2-5,10-12,22H,6-9,13-14H2,1H3. The van der Waals surface area contributed by atoms with Crippen LogP contribution >= 0.6 is 0 Å². The van der Waals surface area contributed by atoms with Crippen molar-refractivity contribution in [1.82, 2.24) is 25.0 Å². The van der Waals surface area contributed by atoms with Gasteiger partial charge >= 0.3 is 0 Å². The second kappa shape index (κ2) is 6.16. The summed E-state index contributed by atoms with van der Waals surface area (Å²) in [7, 11) is 1.82. The summed E-state index contributed by atoms with van der Waals surface area (Å²) in [6.07, 6.45) is 3.99. The van der Waals surface area contributed by atoms with Crippen molar-refractivity contribution < 1.29 is 4.79 Å². The predicted octanol–water partition coefficient (Wildman–Crippen LogP) is 2.19. The number of likely N-dealkylation sites (tertiary alicyclic amines) is 1. The minimum Gasteiger partial charge on any atom is -0.341 e. The molecule has 1 saturated heterocycles. The van der Waals surface area contributed by atoms with E-state index in [0.717, 1.165) is 54.6 Å². The quantitative estimate of drug-likeness (QED) is 0.777. The van der Waals surface area contributed by atoms with Gasteiger partial charge in [-0.25, -0.2) is 0 Å². The first-order valence-corrected chi connectivity index (χ1v) is 9.54. The zero-order valence-corrected chi connectivity index (χ0v) is 15.5. The maximum absolute atomic E-state index is 12.3. The summed E-state index contributed by atoms with van der Waals surface area (Å²) in [5.74, 6) is 0.186. The monoisotopic (exact) mass is 361 g/mol. The Morgan fingerprint density at radius 1 is 1.22 bits per heavy atom. The first-order chi connectivity index (χ1) is 13.2. The molecule has 27 heavy (non-hydrogen) atoms. The van der Waals surface area contributed by atoms with Gasteiger partial charge in [-0.3, -0.25) is 14.5 Å². The normalized spacial score (nSPS) is 21.3. The Balaban J connectivity index is 1.46. The van der Waals surface area contributed by atoms with Gasteiger partial charge in [0.25, 0.3) is 0 Å². The molecule has 0 aliphatic carbocycles. The molecule has 1 aromatic carbocycles. The number of fused-ring (bicyclic) bond motifs is 3. The van der Waals surface area contributed by atoms with E-state index in [1.807, 2.05) is 36.3 Å². The van der Waals surface area contributed by atoms with Crippen molar-refractivity contribution >= 4 is 16.8 Å². The number of carbonyl (C=O) groups excluding carboxylic acids is 1. The Hall–Kier alpha value is -2.73. The van der Waals surface area contributed by atoms with Crippen LogP contribution in [0.5, 0.6) is 0 Å². The molecule has 4 heterocycles. The Morgan fingerprint density at radius 3 is 2.96 bits per heavy atom. The highest BCUT2D eigenvalue weighted by atomic mass is 16.2. The molecule has 0 bridgehead atoms. The molecule has 2 aliphatic rings. The summed E-state index contributed by atoms with van der Waals surface area (Å²) in [4.78, 5) is 18.9. The largest absolute Gasteiger partial charge is 0.341 e. The first-order valence-electron chi connectivity index (χ1n) is 9.54. The fourth-order valence-corrected chi connectivity index (χ4v) is 4.58. The molecule has 2 aromatic heterocycles. The number of hydrogen-bond donors (Lipinski definition) is 1. The number of carbonyl (C=O) groups is 1. The molecule has 138 valence electrons. The number of benzene rings is 1. The van der Waals surface area contributed by atoms with Crippen LogP contribution in [0.2, 0.25) is 0 Å². The average Bonchev–Trinajstić information content (AvgIpc) is 3.39. The number of amides is 1. The van der Waals surface area contributed by atoms with E-state index < -0.39 is 0 Å². The number of pyridine rings is 1. The van der Waals surface area contributed by atoms with Crippen LogP contribution in [-0.4, -0.2) is 52.3 Å². The van der Waals surface area contributed by atoms with Crippen molar-refractivity contribution in [2.24, 2.45) is 0 Å². The van der Waals surface area contributed by atoms with Crippen LogP contribution in [-0.2, 0) is 16.8 Å². The van der Waals surface area contributed by atoms with E-state index in [9.17, 15) is 4.79 Å². The number of para-hydroxylation sites is 1. The fraction of sp³-hybridized carbons (Fsp3) is 0.381. The van der Waals surface area contributed by atoms with E-state index >= 15 is 0 Å². The zero-order chi connectivity index (χ0) is 18.4. The highest BCUT2D eigenvalue weighted by Crippen LogP contribution is 2.43. The second-order valence-corrected chi connectivity index (χ2v) is 7.68. The van der Waals surface area contributed by atoms with Crippen LogP contribution in [0.15, 0.2) is 42.6 Å². The van der Waals surface area contributed by atoms with Gasteiger partial charge in [0.1, 0.15) is 0 Å². The molecule has 1 atom stereocenters. The average molecular weight is 361 g/mol. The van der Waals surface area contributed by atoms with Gasteiger partial charge in [-0.15, -0.1) is 0 Å². The van der Waals surface area contributed by atoms with Gasteiger partial charge in [-0.2, -0.15) is 5.10 Å². The van der Waals surface area contributed by atoms with Gasteiger partial charge in [-0.1, -0.05) is 18.2 Å². The lowest BCUT2D eigenvalue weighted by Gasteiger charge is -2.23. The summed E-state index contributed by atoms with van der Waals surface area (Å²) in [6.45, 7) is 2.96. The number of nitrogens with zero attached hydrogens (tertiary/aromatic N) is 4. The van der Waals surface area contributed by atoms with Gasteiger partial charge in [0, 0.05) is 47.9 Å². The molecule has 6 heteroatoms. The van der Waals surface area contributed by atoms with Gasteiger partial charge in [-0.05, 0) is 38.1 Å². The fourth-order valence-electron chi connectivity index (χ4n) is 4.58. The minimum atomic E-state index is 0.0545. The number of aryl methyl sites for hydroxylation is 1. The predicted molar refractivity (Wildman–Crippen MR) is 104 cm³/mol. The third-order valence-corrected chi connectivity index (χ3v) is 6.05. The van der Waals surface area contributed by atoms with Crippen LogP contribution < -0.4 is 5.32 Å². The van der Waals surface area contributed by atoms with Crippen LogP contribution in [0, 0.1) is 0 Å². The topological polar surface area (TPSA) is 63.1 Å². The van der Waals surface area contributed by atoms with E-state index in [4.69, 9.17) is 5.10 Å². The minimum absolute atomic E-state index is 0.0545. The van der Waals surface area contributed by atoms with Crippen molar-refractivity contribution in [2.75, 3.05) is 26.7 Å². The molecular formula is C21H23N5O. The Bertz CT molecular complexity index is 1030. The summed E-state index contributed by atoms with van der Waals surface area (Å²) < 4.78 is 2.14. The first kappa shape index (κ1) is 16.4. The molecule has 1 N–H and O–H groups in total. The van der Waals surface area contributed by atoms with Gasteiger partial charge in [0.05, 0.1) is 17.8 Å². The lowest BCUT2D eigenvalue weighted by atomic mass is 9.82. The summed E-state index contributed by atoms with van der Waals surface area (Å²) in [5.41, 5.74) is 4.34. The van der Waals surface area contributed by atoms with Crippen molar-refractivity contribution in [3.05, 3.63) is 48.3 Å². The van der Waals surface area contributed by atoms with Crippen molar-refractivity contribution in [2.45, 2.75) is 24.8 Å². The van der Waals surface area contributed by atoms with E-state index in [1.165, 1.54) is 5.69 Å². The van der Waals surface area contributed by atoms with Crippen LogP contribution in [0.25, 0.3) is 22.2 Å². The van der Waals surface area contributed by atoms with Crippen LogP contribution in [0.3, 0.4) is 0 Å². The van der Waals surface area contributed by atoms with Gasteiger partial charge in [0.2, 0.25) is 5.91 Å². The van der Waals surface area contributed by atoms with Crippen molar-refractivity contribution in [3.8, 4) is 11.3 Å². The Kier molecular flexibility index (Phi) is 3.75. The highest BCUT2D eigenvalue weighted by Gasteiger charge is 2.46. The molecule has 1 amide bonds. The van der Waals surface area contributed by atoms with E-state index in [2.05, 4.69) is 33.2 Å². The molecule has 5 rings (SSSR count). The van der Waals surface area contributed by atoms with Crippen molar-refractivity contribution in [1.29, 1.82) is 0 Å². The summed E-state index contributed by atoms with van der Waals surface area (Å²) in [6, 6.07) is 12.5. The maximum atomic E-state index is 12.3. The van der Waals surface area contributed by atoms with E-state index in [0.29, 0.717) is 6.54 Å². The Morgan fingerprint density at radius 2 is 2.07 bits per heavy atom. The summed E-state index contributed by atoms with van der Waals surface area (Å²) in [5, 5.41) is 8.95. The molecule has 0 radical (unpaired) electrons. The second-order valence-electron chi connectivity index (χ2n) is 7.68. The molecule has 0 saturated carbocycles. The third-order valence-electron chi connectivity index (χ3n) is 6.05. The maximum Gasteiger partial charge on any atom is 0.236 e. The molecule has 1 fully saturated rings. The lowest BCUT2D eigenvalue weighted by Crippen LogP contribution is -2.37. The number of aromatic nitrogens is 3. The van der Waals surface area contributed by atoms with Crippen LogP contribution in [0.4, 0.5) is 0 Å². The number of nitrogens with one attached hydrogen (secondary N) is 1. The molecule has 2 aliphatic heterocycles. The smallest absolute Gasteiger partial charge is 0.236 e. The SMILES string of the molecule is CNCC(=O)N1CCC2(CCn3nc(-c4cnc5ccccc5c4)cc32)C1. The zero-order valence-electron chi connectivity index (χ0n) is 15.5. The molecule has 1 unspecified atom stereocenters.